The van der Waals surface area contributed by atoms with E-state index < -0.39 is 0 Å². The van der Waals surface area contributed by atoms with E-state index in [2.05, 4.69) is 4.98 Å². The first-order valence-corrected chi connectivity index (χ1v) is 9.92. The van der Waals surface area contributed by atoms with Gasteiger partial charge in [-0.15, -0.1) is 11.3 Å². The minimum Gasteiger partial charge on any atom is -0.308 e. The van der Waals surface area contributed by atoms with Crippen LogP contribution in [0.2, 0.25) is 0 Å². The van der Waals surface area contributed by atoms with Gasteiger partial charge in [-0.25, -0.2) is 4.98 Å². The van der Waals surface area contributed by atoms with Crippen LogP contribution in [0.1, 0.15) is 32.1 Å². The lowest BCUT2D eigenvalue weighted by Gasteiger charge is -2.34. The van der Waals surface area contributed by atoms with Crippen molar-refractivity contribution in [1.29, 1.82) is 0 Å². The van der Waals surface area contributed by atoms with Crippen LogP contribution in [0.25, 0.3) is 10.2 Å². The number of fused-ring (bicyclic) bond motifs is 1. The molecule has 0 radical (unpaired) electrons. The van der Waals surface area contributed by atoms with Crippen LogP contribution < -0.4 is 10.5 Å². The second kappa shape index (κ2) is 7.41. The van der Waals surface area contributed by atoms with Crippen molar-refractivity contribution >= 4 is 33.1 Å². The van der Waals surface area contributed by atoms with Gasteiger partial charge in [0.05, 0.1) is 11.7 Å². The Morgan fingerprint density at radius 1 is 1.15 bits per heavy atom. The fourth-order valence-corrected chi connectivity index (χ4v) is 4.44. The van der Waals surface area contributed by atoms with Gasteiger partial charge in [-0.2, -0.15) is 0 Å². The predicted molar refractivity (Wildman–Crippen MR) is 105 cm³/mol. The van der Waals surface area contributed by atoms with E-state index in [0.29, 0.717) is 10.2 Å². The van der Waals surface area contributed by atoms with Crippen LogP contribution in [0, 0.1) is 0 Å². The van der Waals surface area contributed by atoms with Gasteiger partial charge < -0.3 is 4.90 Å². The molecule has 1 aliphatic rings. The van der Waals surface area contributed by atoms with Crippen LogP contribution in [0.4, 0.5) is 5.69 Å². The molecule has 0 N–H and O–H groups in total. The summed E-state index contributed by atoms with van der Waals surface area (Å²) in [5.74, 6) is -0.0541. The average Bonchev–Trinajstić information content (AvgIpc) is 3.16. The quantitative estimate of drug-likeness (QED) is 0.704. The molecule has 1 fully saturated rings. The van der Waals surface area contributed by atoms with Crippen molar-refractivity contribution in [3.63, 3.8) is 0 Å². The van der Waals surface area contributed by atoms with Crippen molar-refractivity contribution in [2.75, 3.05) is 4.90 Å². The summed E-state index contributed by atoms with van der Waals surface area (Å²) in [6.45, 7) is 0.0169. The lowest BCUT2D eigenvalue weighted by molar-refractivity contribution is -0.119. The Balaban J connectivity index is 1.65. The second-order valence-electron chi connectivity index (χ2n) is 6.71. The van der Waals surface area contributed by atoms with Gasteiger partial charge in [-0.1, -0.05) is 37.5 Å². The summed E-state index contributed by atoms with van der Waals surface area (Å²) in [5, 5.41) is 2.43. The van der Waals surface area contributed by atoms with Crippen LogP contribution >= 0.6 is 11.3 Å². The molecule has 26 heavy (non-hydrogen) atoms. The minimum absolute atomic E-state index is 0.0169. The number of rotatable bonds is 4. The average molecular weight is 367 g/mol. The van der Waals surface area contributed by atoms with Crippen molar-refractivity contribution in [2.45, 2.75) is 44.7 Å². The monoisotopic (exact) mass is 367 g/mol. The van der Waals surface area contributed by atoms with E-state index in [0.717, 1.165) is 31.4 Å². The first-order chi connectivity index (χ1) is 12.7. The molecule has 134 valence electrons. The number of carbonyl (C=O) groups excluding carboxylic acids is 1. The number of anilines is 1. The van der Waals surface area contributed by atoms with Gasteiger partial charge in [0.1, 0.15) is 11.4 Å². The minimum atomic E-state index is -0.152. The Labute approximate surface area is 155 Å². The van der Waals surface area contributed by atoms with E-state index in [-0.39, 0.29) is 24.1 Å². The molecule has 0 saturated heterocycles. The van der Waals surface area contributed by atoms with Gasteiger partial charge >= 0.3 is 0 Å². The second-order valence-corrected chi connectivity index (χ2v) is 7.60. The lowest BCUT2D eigenvalue weighted by atomic mass is 9.93. The van der Waals surface area contributed by atoms with E-state index in [1.54, 1.807) is 6.07 Å². The predicted octanol–water partition coefficient (Wildman–Crippen LogP) is 3.82. The topological polar surface area (TPSA) is 55.2 Å². The molecular weight excluding hydrogens is 346 g/mol. The SMILES string of the molecule is O=C(Cn1cnc2sccc2c1=O)N(c1ccccc1)C1CCCCC1. The Kier molecular flexibility index (Phi) is 4.84. The maximum Gasteiger partial charge on any atom is 0.262 e. The highest BCUT2D eigenvalue weighted by atomic mass is 32.1. The fraction of sp³-hybridized carbons (Fsp3) is 0.350. The van der Waals surface area contributed by atoms with Crippen LogP contribution in [-0.2, 0) is 11.3 Å². The van der Waals surface area contributed by atoms with Gasteiger partial charge in [0.25, 0.3) is 5.56 Å². The highest BCUT2D eigenvalue weighted by Gasteiger charge is 2.27. The van der Waals surface area contributed by atoms with Crippen LogP contribution in [-0.4, -0.2) is 21.5 Å². The molecule has 2 aromatic heterocycles. The molecular formula is C20H21N3O2S. The van der Waals surface area contributed by atoms with E-state index in [9.17, 15) is 9.59 Å². The smallest absolute Gasteiger partial charge is 0.262 e. The molecule has 1 saturated carbocycles. The zero-order valence-electron chi connectivity index (χ0n) is 14.5. The van der Waals surface area contributed by atoms with E-state index >= 15 is 0 Å². The van der Waals surface area contributed by atoms with Crippen molar-refractivity contribution < 1.29 is 4.79 Å². The Morgan fingerprint density at radius 2 is 1.92 bits per heavy atom. The van der Waals surface area contributed by atoms with Crippen molar-refractivity contribution in [3.8, 4) is 0 Å². The molecule has 1 aromatic carbocycles. The van der Waals surface area contributed by atoms with Crippen LogP contribution in [0.5, 0.6) is 0 Å². The Morgan fingerprint density at radius 3 is 2.69 bits per heavy atom. The molecule has 5 nitrogen and oxygen atoms in total. The molecule has 6 heteroatoms. The Hall–Kier alpha value is -2.47. The van der Waals surface area contributed by atoms with Crippen molar-refractivity contribution in [2.24, 2.45) is 0 Å². The van der Waals surface area contributed by atoms with Gasteiger partial charge in [0.2, 0.25) is 5.91 Å². The zero-order chi connectivity index (χ0) is 17.9. The van der Waals surface area contributed by atoms with Gasteiger partial charge in [0, 0.05) is 11.7 Å². The molecule has 0 aliphatic heterocycles. The molecule has 1 aliphatic carbocycles. The number of hydrogen-bond donors (Lipinski definition) is 0. The number of nitrogens with zero attached hydrogens (tertiary/aromatic N) is 3. The summed E-state index contributed by atoms with van der Waals surface area (Å²) >= 11 is 1.44. The van der Waals surface area contributed by atoms with Gasteiger partial charge in [-0.3, -0.25) is 14.2 Å². The third-order valence-electron chi connectivity index (χ3n) is 5.00. The van der Waals surface area contributed by atoms with Gasteiger partial charge in [-0.05, 0) is 36.4 Å². The molecule has 0 unspecified atom stereocenters. The lowest BCUT2D eigenvalue weighted by Crippen LogP contribution is -2.44. The van der Waals surface area contributed by atoms with E-state index in [1.165, 1.54) is 28.7 Å². The summed E-state index contributed by atoms with van der Waals surface area (Å²) < 4.78 is 1.43. The summed E-state index contributed by atoms with van der Waals surface area (Å²) in [5.41, 5.74) is 0.753. The summed E-state index contributed by atoms with van der Waals surface area (Å²) in [6, 6.07) is 11.8. The third-order valence-corrected chi connectivity index (χ3v) is 5.82. The number of carbonyl (C=O) groups is 1. The van der Waals surface area contributed by atoms with Crippen molar-refractivity contribution in [1.82, 2.24) is 9.55 Å². The normalized spacial score (nSPS) is 15.2. The van der Waals surface area contributed by atoms with Crippen LogP contribution in [0.3, 0.4) is 0 Å². The van der Waals surface area contributed by atoms with Crippen LogP contribution in [0.15, 0.2) is 52.9 Å². The third kappa shape index (κ3) is 3.29. The summed E-state index contributed by atoms with van der Waals surface area (Å²) in [4.78, 5) is 32.7. The molecule has 4 rings (SSSR count). The molecule has 1 amide bonds. The summed E-state index contributed by atoms with van der Waals surface area (Å²) in [6.07, 6.45) is 7.02. The number of thiophene rings is 1. The van der Waals surface area contributed by atoms with E-state index in [4.69, 9.17) is 0 Å². The molecule has 0 bridgehead atoms. The number of para-hydroxylation sites is 1. The van der Waals surface area contributed by atoms with E-state index in [1.807, 2.05) is 40.6 Å². The first kappa shape index (κ1) is 17.0. The maximum absolute atomic E-state index is 13.2. The van der Waals surface area contributed by atoms with Gasteiger partial charge in [0.15, 0.2) is 0 Å². The summed E-state index contributed by atoms with van der Waals surface area (Å²) in [7, 11) is 0. The highest BCUT2D eigenvalue weighted by Crippen LogP contribution is 2.27. The largest absolute Gasteiger partial charge is 0.308 e. The highest BCUT2D eigenvalue weighted by molar-refractivity contribution is 7.16. The Bertz CT molecular complexity index is 958. The molecule has 3 aromatic rings. The maximum atomic E-state index is 13.2. The number of hydrogen-bond acceptors (Lipinski definition) is 4. The number of amides is 1. The molecule has 0 atom stereocenters. The standard InChI is InChI=1S/C20H21N3O2S/c24-18(13-22-14-21-19-17(20(22)25)11-12-26-19)23(15-7-3-1-4-8-15)16-9-5-2-6-10-16/h1,3-4,7-8,11-12,14,16H,2,5-6,9-10,13H2. The fourth-order valence-electron chi connectivity index (χ4n) is 3.71. The van der Waals surface area contributed by atoms with Crippen molar-refractivity contribution in [3.05, 3.63) is 58.5 Å². The number of aromatic nitrogens is 2. The first-order valence-electron chi connectivity index (χ1n) is 9.04. The molecule has 0 spiro atoms. The molecule has 2 heterocycles. The zero-order valence-corrected chi connectivity index (χ0v) is 15.3. The number of benzene rings is 1.